The van der Waals surface area contributed by atoms with Gasteiger partial charge >= 0.3 is 0 Å². The molecule has 5 heteroatoms. The summed E-state index contributed by atoms with van der Waals surface area (Å²) in [6, 6.07) is 14.5. The molecule has 0 radical (unpaired) electrons. The van der Waals surface area contributed by atoms with E-state index in [0.29, 0.717) is 6.54 Å². The standard InChI is InChI=1S/C20H21N3OS/c1-13-4-5-14(2)18(10-13)22-20-23-19(12-25-20)17-8-6-16(7-9-17)11-21-15(3)24/h4-10,12H,11H2,1-3H3,(H,21,24)(H,22,23). The minimum absolute atomic E-state index is 0.0225. The highest BCUT2D eigenvalue weighted by Crippen LogP contribution is 2.28. The van der Waals surface area contributed by atoms with Gasteiger partial charge in [0, 0.05) is 30.1 Å². The quantitative estimate of drug-likeness (QED) is 0.694. The summed E-state index contributed by atoms with van der Waals surface area (Å²) in [5, 5.41) is 9.14. The number of hydrogen-bond donors (Lipinski definition) is 2. The van der Waals surface area contributed by atoms with Crippen LogP contribution in [0.2, 0.25) is 0 Å². The molecule has 0 saturated heterocycles. The first-order valence-electron chi connectivity index (χ1n) is 8.15. The molecule has 3 aromatic rings. The predicted octanol–water partition coefficient (Wildman–Crippen LogP) is 4.81. The number of nitrogens with zero attached hydrogens (tertiary/aromatic N) is 1. The SMILES string of the molecule is CC(=O)NCc1ccc(-c2csc(Nc3cc(C)ccc3C)n2)cc1. The molecular formula is C20H21N3OS. The van der Waals surface area contributed by atoms with E-state index in [1.807, 2.05) is 24.3 Å². The van der Waals surface area contributed by atoms with Gasteiger partial charge in [-0.3, -0.25) is 4.79 Å². The van der Waals surface area contributed by atoms with Gasteiger partial charge in [-0.05, 0) is 36.6 Å². The van der Waals surface area contributed by atoms with Crippen molar-refractivity contribution in [3.63, 3.8) is 0 Å². The number of anilines is 2. The molecule has 0 atom stereocenters. The monoisotopic (exact) mass is 351 g/mol. The molecule has 0 saturated carbocycles. The van der Waals surface area contributed by atoms with Crippen molar-refractivity contribution in [3.8, 4) is 11.3 Å². The highest BCUT2D eigenvalue weighted by Gasteiger charge is 2.07. The summed E-state index contributed by atoms with van der Waals surface area (Å²) < 4.78 is 0. The molecule has 1 amide bonds. The number of nitrogens with one attached hydrogen (secondary N) is 2. The summed E-state index contributed by atoms with van der Waals surface area (Å²) in [6.07, 6.45) is 0. The molecule has 1 heterocycles. The van der Waals surface area contributed by atoms with Crippen molar-refractivity contribution in [2.24, 2.45) is 0 Å². The molecular weight excluding hydrogens is 330 g/mol. The first kappa shape index (κ1) is 17.2. The lowest BCUT2D eigenvalue weighted by Crippen LogP contribution is -2.18. The molecule has 128 valence electrons. The van der Waals surface area contributed by atoms with Crippen molar-refractivity contribution in [2.45, 2.75) is 27.3 Å². The summed E-state index contributed by atoms with van der Waals surface area (Å²) in [7, 11) is 0. The number of aryl methyl sites for hydroxylation is 2. The second-order valence-corrected chi connectivity index (χ2v) is 6.95. The van der Waals surface area contributed by atoms with Gasteiger partial charge in [-0.15, -0.1) is 11.3 Å². The van der Waals surface area contributed by atoms with E-state index in [9.17, 15) is 4.79 Å². The number of aromatic nitrogens is 1. The molecule has 0 fully saturated rings. The normalized spacial score (nSPS) is 10.5. The first-order chi connectivity index (χ1) is 12.0. The molecule has 0 spiro atoms. The fourth-order valence-corrected chi connectivity index (χ4v) is 3.20. The van der Waals surface area contributed by atoms with Crippen LogP contribution in [-0.2, 0) is 11.3 Å². The van der Waals surface area contributed by atoms with E-state index < -0.39 is 0 Å². The van der Waals surface area contributed by atoms with Crippen molar-refractivity contribution < 1.29 is 4.79 Å². The topological polar surface area (TPSA) is 54.0 Å². The van der Waals surface area contributed by atoms with Crippen LogP contribution in [0.15, 0.2) is 47.8 Å². The summed E-state index contributed by atoms with van der Waals surface area (Å²) in [4.78, 5) is 15.7. The van der Waals surface area contributed by atoms with Crippen molar-refractivity contribution in [1.82, 2.24) is 10.3 Å². The number of thiazole rings is 1. The molecule has 1 aromatic heterocycles. The van der Waals surface area contributed by atoms with Crippen LogP contribution in [0.1, 0.15) is 23.6 Å². The Hall–Kier alpha value is -2.66. The Morgan fingerprint density at radius 1 is 1.12 bits per heavy atom. The fraction of sp³-hybridized carbons (Fsp3) is 0.200. The smallest absolute Gasteiger partial charge is 0.217 e. The van der Waals surface area contributed by atoms with Crippen molar-refractivity contribution in [2.75, 3.05) is 5.32 Å². The Kier molecular flexibility index (Phi) is 5.14. The van der Waals surface area contributed by atoms with Gasteiger partial charge in [0.2, 0.25) is 5.91 Å². The summed E-state index contributed by atoms with van der Waals surface area (Å²) in [6.45, 7) is 6.24. The van der Waals surface area contributed by atoms with Crippen molar-refractivity contribution >= 4 is 28.1 Å². The van der Waals surface area contributed by atoms with E-state index in [4.69, 9.17) is 0 Å². The first-order valence-corrected chi connectivity index (χ1v) is 9.03. The van der Waals surface area contributed by atoms with E-state index in [1.54, 1.807) is 11.3 Å². The zero-order valence-corrected chi connectivity index (χ0v) is 15.4. The number of amides is 1. The van der Waals surface area contributed by atoms with Crippen LogP contribution in [0.5, 0.6) is 0 Å². The molecule has 0 aliphatic heterocycles. The fourth-order valence-electron chi connectivity index (χ4n) is 2.47. The molecule has 2 aromatic carbocycles. The minimum atomic E-state index is -0.0225. The van der Waals surface area contributed by atoms with Gasteiger partial charge in [0.15, 0.2) is 5.13 Å². The lowest BCUT2D eigenvalue weighted by Gasteiger charge is -2.07. The van der Waals surface area contributed by atoms with Gasteiger partial charge < -0.3 is 10.6 Å². The number of hydrogen-bond acceptors (Lipinski definition) is 4. The lowest BCUT2D eigenvalue weighted by atomic mass is 10.1. The number of carbonyl (C=O) groups excluding carboxylic acids is 1. The molecule has 25 heavy (non-hydrogen) atoms. The van der Waals surface area contributed by atoms with Crippen molar-refractivity contribution in [3.05, 3.63) is 64.5 Å². The summed E-state index contributed by atoms with van der Waals surface area (Å²) in [5.41, 5.74) is 6.60. The van der Waals surface area contributed by atoms with Gasteiger partial charge in [-0.1, -0.05) is 36.4 Å². The van der Waals surface area contributed by atoms with Gasteiger partial charge in [-0.2, -0.15) is 0 Å². The third kappa shape index (κ3) is 4.45. The second-order valence-electron chi connectivity index (χ2n) is 6.09. The number of benzene rings is 2. The van der Waals surface area contributed by atoms with E-state index in [2.05, 4.69) is 53.0 Å². The van der Waals surface area contributed by atoms with E-state index in [0.717, 1.165) is 27.6 Å². The summed E-state index contributed by atoms with van der Waals surface area (Å²) >= 11 is 1.59. The zero-order chi connectivity index (χ0) is 17.8. The lowest BCUT2D eigenvalue weighted by molar-refractivity contribution is -0.119. The molecule has 0 aliphatic carbocycles. The molecule has 0 bridgehead atoms. The third-order valence-electron chi connectivity index (χ3n) is 3.93. The van der Waals surface area contributed by atoms with Crippen LogP contribution in [0.25, 0.3) is 11.3 Å². The number of rotatable bonds is 5. The van der Waals surface area contributed by atoms with Crippen LogP contribution in [0.3, 0.4) is 0 Å². The van der Waals surface area contributed by atoms with Gasteiger partial charge in [0.05, 0.1) is 5.69 Å². The summed E-state index contributed by atoms with van der Waals surface area (Å²) in [5.74, 6) is -0.0225. The molecule has 4 nitrogen and oxygen atoms in total. The van der Waals surface area contributed by atoms with Crippen LogP contribution in [0, 0.1) is 13.8 Å². The van der Waals surface area contributed by atoms with Crippen LogP contribution in [-0.4, -0.2) is 10.9 Å². The zero-order valence-electron chi connectivity index (χ0n) is 14.6. The number of carbonyl (C=O) groups is 1. The third-order valence-corrected chi connectivity index (χ3v) is 4.69. The Morgan fingerprint density at radius 3 is 2.60 bits per heavy atom. The van der Waals surface area contributed by atoms with Gasteiger partial charge in [0.25, 0.3) is 0 Å². The average Bonchev–Trinajstić information content (AvgIpc) is 3.05. The van der Waals surface area contributed by atoms with Gasteiger partial charge in [-0.25, -0.2) is 4.98 Å². The Bertz CT molecular complexity index is 884. The van der Waals surface area contributed by atoms with Crippen LogP contribution < -0.4 is 10.6 Å². The van der Waals surface area contributed by atoms with Crippen LogP contribution in [0.4, 0.5) is 10.8 Å². The maximum atomic E-state index is 11.0. The largest absolute Gasteiger partial charge is 0.352 e. The Labute approximate surface area is 151 Å². The second kappa shape index (κ2) is 7.49. The van der Waals surface area contributed by atoms with Crippen molar-refractivity contribution in [1.29, 1.82) is 0 Å². The van der Waals surface area contributed by atoms with Crippen LogP contribution >= 0.6 is 11.3 Å². The highest BCUT2D eigenvalue weighted by atomic mass is 32.1. The minimum Gasteiger partial charge on any atom is -0.352 e. The van der Waals surface area contributed by atoms with E-state index in [-0.39, 0.29) is 5.91 Å². The van der Waals surface area contributed by atoms with E-state index >= 15 is 0 Å². The maximum absolute atomic E-state index is 11.0. The average molecular weight is 351 g/mol. The molecule has 3 rings (SSSR count). The van der Waals surface area contributed by atoms with E-state index in [1.165, 1.54) is 18.1 Å². The molecule has 0 unspecified atom stereocenters. The molecule has 0 aliphatic rings. The highest BCUT2D eigenvalue weighted by molar-refractivity contribution is 7.14. The predicted molar refractivity (Wildman–Crippen MR) is 104 cm³/mol. The Morgan fingerprint density at radius 2 is 1.88 bits per heavy atom. The maximum Gasteiger partial charge on any atom is 0.217 e. The van der Waals surface area contributed by atoms with Gasteiger partial charge in [0.1, 0.15) is 0 Å². The Balaban J connectivity index is 1.72. The molecule has 2 N–H and O–H groups in total.